The summed E-state index contributed by atoms with van der Waals surface area (Å²) in [5.74, 6) is -0.616. The molecule has 0 heterocycles. The summed E-state index contributed by atoms with van der Waals surface area (Å²) in [6.45, 7) is 6.70. The molecule has 2 atom stereocenters. The van der Waals surface area contributed by atoms with Gasteiger partial charge in [-0.05, 0) is 19.1 Å². The van der Waals surface area contributed by atoms with Gasteiger partial charge in [0.1, 0.15) is 5.78 Å². The molecule has 0 amide bonds. The van der Waals surface area contributed by atoms with E-state index < -0.39 is 16.9 Å². The third-order valence-corrected chi connectivity index (χ3v) is 4.88. The fourth-order valence-corrected chi connectivity index (χ4v) is 2.92. The van der Waals surface area contributed by atoms with E-state index in [4.69, 9.17) is 0 Å². The molecule has 2 aliphatic rings. The topological polar surface area (TPSA) is 71.4 Å². The minimum absolute atomic E-state index is 0.0189. The van der Waals surface area contributed by atoms with Crippen molar-refractivity contribution in [2.75, 3.05) is 0 Å². The van der Waals surface area contributed by atoms with Crippen LogP contribution in [0.3, 0.4) is 0 Å². The zero-order valence-electron chi connectivity index (χ0n) is 11.6. The fourth-order valence-electron chi connectivity index (χ4n) is 2.92. The summed E-state index contributed by atoms with van der Waals surface area (Å²) in [6.07, 6.45) is 1.64. The van der Waals surface area contributed by atoms with Crippen molar-refractivity contribution in [1.82, 2.24) is 0 Å². The molecule has 4 nitrogen and oxygen atoms in total. The Balaban J connectivity index is 2.58. The first-order valence-electron chi connectivity index (χ1n) is 6.33. The van der Waals surface area contributed by atoms with Crippen LogP contribution in [0.25, 0.3) is 0 Å². The molecule has 19 heavy (non-hydrogen) atoms. The van der Waals surface area contributed by atoms with Crippen molar-refractivity contribution in [1.29, 1.82) is 0 Å². The summed E-state index contributed by atoms with van der Waals surface area (Å²) in [7, 11) is 0. The number of carbonyl (C=O) groups excluding carboxylic acids is 3. The van der Waals surface area contributed by atoms with Crippen LogP contribution in [0.15, 0.2) is 23.3 Å². The van der Waals surface area contributed by atoms with Crippen molar-refractivity contribution < 1.29 is 19.5 Å². The molecule has 0 spiro atoms. The molecule has 2 aliphatic carbocycles. The second kappa shape index (κ2) is 3.97. The van der Waals surface area contributed by atoms with Gasteiger partial charge in [0.05, 0.1) is 6.10 Å². The highest BCUT2D eigenvalue weighted by molar-refractivity contribution is 6.20. The zero-order valence-corrected chi connectivity index (χ0v) is 11.6. The number of allylic oxidation sites excluding steroid dienone is 3. The van der Waals surface area contributed by atoms with E-state index in [0.717, 1.165) is 0 Å². The molecule has 0 saturated heterocycles. The molecule has 1 unspecified atom stereocenters. The average molecular weight is 262 g/mol. The number of aliphatic hydroxyl groups is 1. The standard InChI is InChI=1S/C15H18O4/c1-8-5-11(17)9(6-10(8)16)15(4)13(19)7-12(18)14(15,2)3/h5-6,13,19H,7H2,1-4H3/t13-,15?/m1/s1. The van der Waals surface area contributed by atoms with Crippen molar-refractivity contribution in [3.05, 3.63) is 23.3 Å². The molecular formula is C15H18O4. The first kappa shape index (κ1) is 13.9. The number of hydrogen-bond donors (Lipinski definition) is 1. The summed E-state index contributed by atoms with van der Waals surface area (Å²) in [5.41, 5.74) is -1.26. The predicted octanol–water partition coefficient (Wildman–Crippen LogP) is 1.38. The molecule has 1 saturated carbocycles. The molecule has 2 rings (SSSR count). The van der Waals surface area contributed by atoms with E-state index >= 15 is 0 Å². The van der Waals surface area contributed by atoms with Crippen LogP contribution in [0.5, 0.6) is 0 Å². The van der Waals surface area contributed by atoms with Crippen LogP contribution in [-0.4, -0.2) is 28.6 Å². The van der Waals surface area contributed by atoms with Gasteiger partial charge in [0.15, 0.2) is 11.6 Å². The minimum atomic E-state index is -1.02. The maximum absolute atomic E-state index is 12.2. The lowest BCUT2D eigenvalue weighted by molar-refractivity contribution is -0.127. The molecule has 102 valence electrons. The second-order valence-corrected chi connectivity index (χ2v) is 6.08. The predicted molar refractivity (Wildman–Crippen MR) is 69.4 cm³/mol. The second-order valence-electron chi connectivity index (χ2n) is 6.08. The van der Waals surface area contributed by atoms with E-state index in [0.29, 0.717) is 5.57 Å². The third-order valence-electron chi connectivity index (χ3n) is 4.88. The maximum atomic E-state index is 12.2. The number of ketones is 3. The van der Waals surface area contributed by atoms with E-state index in [1.54, 1.807) is 27.7 Å². The van der Waals surface area contributed by atoms with E-state index in [-0.39, 0.29) is 29.3 Å². The molecule has 0 bridgehead atoms. The van der Waals surface area contributed by atoms with Gasteiger partial charge in [-0.1, -0.05) is 20.8 Å². The lowest BCUT2D eigenvalue weighted by Crippen LogP contribution is -2.44. The normalized spacial score (nSPS) is 34.4. The SMILES string of the molecule is CC1=CC(=O)C(C2(C)[C@H](O)CC(=O)C2(C)C)=CC1=O. The van der Waals surface area contributed by atoms with Crippen LogP contribution in [0, 0.1) is 10.8 Å². The first-order valence-corrected chi connectivity index (χ1v) is 6.33. The Bertz CT molecular complexity index is 550. The van der Waals surface area contributed by atoms with Gasteiger partial charge >= 0.3 is 0 Å². The molecule has 1 fully saturated rings. The summed E-state index contributed by atoms with van der Waals surface area (Å²) in [5, 5.41) is 10.2. The quantitative estimate of drug-likeness (QED) is 0.725. The highest BCUT2D eigenvalue weighted by Gasteiger charge is 2.60. The van der Waals surface area contributed by atoms with Gasteiger partial charge in [-0.25, -0.2) is 0 Å². The van der Waals surface area contributed by atoms with Gasteiger partial charge < -0.3 is 5.11 Å². The first-order chi connectivity index (χ1) is 8.62. The van der Waals surface area contributed by atoms with Gasteiger partial charge in [-0.15, -0.1) is 0 Å². The van der Waals surface area contributed by atoms with E-state index in [1.807, 2.05) is 0 Å². The number of hydrogen-bond acceptors (Lipinski definition) is 4. The molecule has 0 aromatic rings. The Morgan fingerprint density at radius 1 is 1.11 bits per heavy atom. The Labute approximate surface area is 112 Å². The molecule has 0 radical (unpaired) electrons. The van der Waals surface area contributed by atoms with Crippen molar-refractivity contribution in [3.8, 4) is 0 Å². The lowest BCUT2D eigenvalue weighted by Gasteiger charge is -2.40. The Morgan fingerprint density at radius 3 is 2.16 bits per heavy atom. The fraction of sp³-hybridized carbons (Fsp3) is 0.533. The third kappa shape index (κ3) is 1.66. The molecule has 0 aromatic heterocycles. The summed E-state index contributed by atoms with van der Waals surface area (Å²) in [4.78, 5) is 36.0. The number of rotatable bonds is 1. The number of Topliss-reactive ketones (excluding diaryl/α,β-unsaturated/α-hetero) is 1. The molecule has 0 aliphatic heterocycles. The summed E-state index contributed by atoms with van der Waals surface area (Å²) < 4.78 is 0. The van der Waals surface area contributed by atoms with Crippen LogP contribution >= 0.6 is 0 Å². The minimum Gasteiger partial charge on any atom is -0.392 e. The van der Waals surface area contributed by atoms with Gasteiger partial charge in [0.2, 0.25) is 0 Å². The van der Waals surface area contributed by atoms with Gasteiger partial charge in [0, 0.05) is 28.4 Å². The molecule has 4 heteroatoms. The van der Waals surface area contributed by atoms with Gasteiger partial charge in [-0.2, -0.15) is 0 Å². The van der Waals surface area contributed by atoms with Crippen molar-refractivity contribution in [2.45, 2.75) is 40.2 Å². The summed E-state index contributed by atoms with van der Waals surface area (Å²) >= 11 is 0. The monoisotopic (exact) mass is 262 g/mol. The number of aliphatic hydroxyl groups excluding tert-OH is 1. The molecular weight excluding hydrogens is 244 g/mol. The van der Waals surface area contributed by atoms with Crippen LogP contribution in [-0.2, 0) is 14.4 Å². The highest BCUT2D eigenvalue weighted by Crippen LogP contribution is 2.55. The van der Waals surface area contributed by atoms with Crippen molar-refractivity contribution in [3.63, 3.8) is 0 Å². The van der Waals surface area contributed by atoms with Crippen molar-refractivity contribution in [2.24, 2.45) is 10.8 Å². The molecule has 0 aromatic carbocycles. The average Bonchev–Trinajstić information content (AvgIpc) is 2.45. The zero-order chi connectivity index (χ0) is 14.6. The number of carbonyl (C=O) groups is 3. The van der Waals surface area contributed by atoms with E-state index in [9.17, 15) is 19.5 Å². The summed E-state index contributed by atoms with van der Waals surface area (Å²) in [6, 6.07) is 0. The maximum Gasteiger partial charge on any atom is 0.183 e. The molecule has 1 N–H and O–H groups in total. The van der Waals surface area contributed by atoms with Gasteiger partial charge in [-0.3, -0.25) is 14.4 Å². The van der Waals surface area contributed by atoms with Crippen LogP contribution in [0.1, 0.15) is 34.1 Å². The van der Waals surface area contributed by atoms with Crippen LogP contribution in [0.4, 0.5) is 0 Å². The van der Waals surface area contributed by atoms with Crippen LogP contribution in [0.2, 0.25) is 0 Å². The Kier molecular flexibility index (Phi) is 2.90. The highest BCUT2D eigenvalue weighted by atomic mass is 16.3. The van der Waals surface area contributed by atoms with Crippen LogP contribution < -0.4 is 0 Å². The van der Waals surface area contributed by atoms with Gasteiger partial charge in [0.25, 0.3) is 0 Å². The van der Waals surface area contributed by atoms with E-state index in [1.165, 1.54) is 12.2 Å². The lowest BCUT2D eigenvalue weighted by atomic mass is 9.61. The van der Waals surface area contributed by atoms with E-state index in [2.05, 4.69) is 0 Å². The smallest absolute Gasteiger partial charge is 0.183 e. The Morgan fingerprint density at radius 2 is 1.68 bits per heavy atom. The largest absolute Gasteiger partial charge is 0.392 e. The Hall–Kier alpha value is -1.55. The van der Waals surface area contributed by atoms with Crippen molar-refractivity contribution >= 4 is 17.3 Å².